The Bertz CT molecular complexity index is 389. The maximum absolute atomic E-state index is 4.55. The molecule has 3 rings (SSSR count). The normalized spacial score (nSPS) is 23.2. The summed E-state index contributed by atoms with van der Waals surface area (Å²) >= 11 is 3.45. The average molecular weight is 295 g/mol. The van der Waals surface area contributed by atoms with Gasteiger partial charge in [-0.25, -0.2) is 4.98 Å². The molecule has 0 bridgehead atoms. The van der Waals surface area contributed by atoms with Gasteiger partial charge in [0, 0.05) is 13.1 Å². The molecule has 2 heterocycles. The molecule has 1 aromatic rings. The van der Waals surface area contributed by atoms with Gasteiger partial charge in [-0.2, -0.15) is 0 Å². The lowest BCUT2D eigenvalue weighted by atomic mass is 9.77. The second kappa shape index (κ2) is 4.60. The van der Waals surface area contributed by atoms with Crippen LogP contribution in [0.15, 0.2) is 22.8 Å². The first-order valence-electron chi connectivity index (χ1n) is 6.65. The van der Waals surface area contributed by atoms with E-state index in [1.807, 2.05) is 6.07 Å². The maximum atomic E-state index is 4.55. The summed E-state index contributed by atoms with van der Waals surface area (Å²) in [5.74, 6) is 1.13. The van der Waals surface area contributed by atoms with Crippen LogP contribution in [0.5, 0.6) is 0 Å². The molecule has 3 heteroatoms. The maximum Gasteiger partial charge on any atom is 0.129 e. The number of aromatic nitrogens is 1. The van der Waals surface area contributed by atoms with Crippen LogP contribution in [0.4, 0.5) is 5.82 Å². The van der Waals surface area contributed by atoms with Gasteiger partial charge in [-0.05, 0) is 59.2 Å². The topological polar surface area (TPSA) is 16.1 Å². The smallest absolute Gasteiger partial charge is 0.129 e. The van der Waals surface area contributed by atoms with Crippen LogP contribution in [0.3, 0.4) is 0 Å². The van der Waals surface area contributed by atoms with E-state index in [1.165, 1.54) is 51.6 Å². The number of hydrogen-bond acceptors (Lipinski definition) is 2. The second-order valence-electron chi connectivity index (χ2n) is 5.51. The van der Waals surface area contributed by atoms with Crippen molar-refractivity contribution in [2.75, 3.05) is 18.0 Å². The first kappa shape index (κ1) is 11.5. The number of rotatable bonds is 1. The lowest BCUT2D eigenvalue weighted by molar-refractivity contribution is 0.226. The first-order chi connectivity index (χ1) is 8.27. The first-order valence-corrected chi connectivity index (χ1v) is 7.44. The van der Waals surface area contributed by atoms with Gasteiger partial charge in [-0.3, -0.25) is 0 Å². The summed E-state index contributed by atoms with van der Waals surface area (Å²) in [6, 6.07) is 6.19. The molecule has 0 N–H and O–H groups in total. The summed E-state index contributed by atoms with van der Waals surface area (Å²) in [4.78, 5) is 6.99. The van der Waals surface area contributed by atoms with E-state index < -0.39 is 0 Å². The minimum absolute atomic E-state index is 0.697. The molecule has 1 aliphatic carbocycles. The minimum atomic E-state index is 0.697. The van der Waals surface area contributed by atoms with Gasteiger partial charge in [-0.15, -0.1) is 0 Å². The van der Waals surface area contributed by atoms with E-state index in [9.17, 15) is 0 Å². The summed E-state index contributed by atoms with van der Waals surface area (Å²) in [6.45, 7) is 2.37. The highest BCUT2D eigenvalue weighted by Gasteiger charge is 2.37. The Morgan fingerprint density at radius 2 is 1.76 bits per heavy atom. The predicted molar refractivity (Wildman–Crippen MR) is 74.3 cm³/mol. The fourth-order valence-corrected chi connectivity index (χ4v) is 3.74. The number of halogens is 1. The Morgan fingerprint density at radius 1 is 1.06 bits per heavy atom. The fourth-order valence-electron chi connectivity index (χ4n) is 3.41. The van der Waals surface area contributed by atoms with Crippen LogP contribution in [0, 0.1) is 5.41 Å². The zero-order valence-electron chi connectivity index (χ0n) is 10.2. The van der Waals surface area contributed by atoms with E-state index in [1.54, 1.807) is 0 Å². The van der Waals surface area contributed by atoms with Crippen LogP contribution in [-0.4, -0.2) is 18.1 Å². The van der Waals surface area contributed by atoms with Crippen molar-refractivity contribution in [3.05, 3.63) is 22.8 Å². The standard InChI is InChI=1S/C14H19BrN2/c15-12-4-3-5-13(16-12)17-10-8-14(9-11-17)6-1-2-7-14/h3-5H,1-2,6-11H2. The van der Waals surface area contributed by atoms with Crippen LogP contribution >= 0.6 is 15.9 Å². The van der Waals surface area contributed by atoms with E-state index in [0.29, 0.717) is 5.41 Å². The van der Waals surface area contributed by atoms with Crippen LogP contribution in [0.2, 0.25) is 0 Å². The number of nitrogens with zero attached hydrogens (tertiary/aromatic N) is 2. The summed E-state index contributed by atoms with van der Waals surface area (Å²) in [5, 5.41) is 0. The number of pyridine rings is 1. The quantitative estimate of drug-likeness (QED) is 0.728. The third-order valence-corrected chi connectivity index (χ3v) is 4.95. The van der Waals surface area contributed by atoms with Crippen molar-refractivity contribution in [2.24, 2.45) is 5.41 Å². The van der Waals surface area contributed by atoms with Crippen molar-refractivity contribution >= 4 is 21.7 Å². The molecule has 1 spiro atoms. The number of hydrogen-bond donors (Lipinski definition) is 0. The molecule has 2 fully saturated rings. The molecular weight excluding hydrogens is 276 g/mol. The summed E-state index contributed by atoms with van der Waals surface area (Å²) in [6.07, 6.45) is 8.56. The van der Waals surface area contributed by atoms with Gasteiger partial charge in [0.2, 0.25) is 0 Å². The summed E-state index contributed by atoms with van der Waals surface area (Å²) < 4.78 is 0.941. The Morgan fingerprint density at radius 3 is 2.41 bits per heavy atom. The molecule has 1 saturated carbocycles. The van der Waals surface area contributed by atoms with E-state index >= 15 is 0 Å². The molecule has 1 saturated heterocycles. The van der Waals surface area contributed by atoms with Crippen molar-refractivity contribution < 1.29 is 0 Å². The molecule has 92 valence electrons. The predicted octanol–water partition coefficient (Wildman–Crippen LogP) is 4.00. The van der Waals surface area contributed by atoms with Gasteiger partial charge in [-0.1, -0.05) is 18.9 Å². The molecule has 0 radical (unpaired) electrons. The van der Waals surface area contributed by atoms with E-state index in [-0.39, 0.29) is 0 Å². The Labute approximate surface area is 112 Å². The van der Waals surface area contributed by atoms with Crippen molar-refractivity contribution in [1.29, 1.82) is 0 Å². The van der Waals surface area contributed by atoms with Gasteiger partial charge in [0.05, 0.1) is 0 Å². The summed E-state index contributed by atoms with van der Waals surface area (Å²) in [5.41, 5.74) is 0.697. The third kappa shape index (κ3) is 2.35. The second-order valence-corrected chi connectivity index (χ2v) is 6.33. The van der Waals surface area contributed by atoms with Crippen molar-refractivity contribution in [3.63, 3.8) is 0 Å². The lowest BCUT2D eigenvalue weighted by Crippen LogP contribution is -2.39. The Balaban J connectivity index is 1.68. The Hall–Kier alpha value is -0.570. The lowest BCUT2D eigenvalue weighted by Gasteiger charge is -2.40. The van der Waals surface area contributed by atoms with Crippen LogP contribution < -0.4 is 4.90 Å². The zero-order valence-corrected chi connectivity index (χ0v) is 11.7. The highest BCUT2D eigenvalue weighted by molar-refractivity contribution is 9.10. The van der Waals surface area contributed by atoms with Crippen LogP contribution in [-0.2, 0) is 0 Å². The van der Waals surface area contributed by atoms with E-state index in [4.69, 9.17) is 0 Å². The van der Waals surface area contributed by atoms with Crippen molar-refractivity contribution in [3.8, 4) is 0 Å². The molecule has 0 unspecified atom stereocenters. The molecule has 0 atom stereocenters. The molecule has 2 aliphatic rings. The average Bonchev–Trinajstić information content (AvgIpc) is 2.79. The molecule has 0 amide bonds. The number of anilines is 1. The van der Waals surface area contributed by atoms with E-state index in [2.05, 4.69) is 37.9 Å². The van der Waals surface area contributed by atoms with Crippen molar-refractivity contribution in [1.82, 2.24) is 4.98 Å². The van der Waals surface area contributed by atoms with Gasteiger partial charge in [0.1, 0.15) is 10.4 Å². The highest BCUT2D eigenvalue weighted by atomic mass is 79.9. The van der Waals surface area contributed by atoms with Crippen molar-refractivity contribution in [2.45, 2.75) is 38.5 Å². The SMILES string of the molecule is Brc1cccc(N2CCC3(CCCC3)CC2)n1. The molecule has 1 aromatic heterocycles. The molecule has 17 heavy (non-hydrogen) atoms. The largest absolute Gasteiger partial charge is 0.357 e. The van der Waals surface area contributed by atoms with Crippen LogP contribution in [0.1, 0.15) is 38.5 Å². The van der Waals surface area contributed by atoms with Gasteiger partial charge < -0.3 is 4.90 Å². The minimum Gasteiger partial charge on any atom is -0.357 e. The fraction of sp³-hybridized carbons (Fsp3) is 0.643. The van der Waals surface area contributed by atoms with Gasteiger partial charge in [0.15, 0.2) is 0 Å². The summed E-state index contributed by atoms with van der Waals surface area (Å²) in [7, 11) is 0. The molecule has 1 aliphatic heterocycles. The number of piperidine rings is 1. The monoisotopic (exact) mass is 294 g/mol. The zero-order chi connectivity index (χ0) is 11.7. The van der Waals surface area contributed by atoms with E-state index in [0.717, 1.165) is 10.4 Å². The highest BCUT2D eigenvalue weighted by Crippen LogP contribution is 2.46. The Kier molecular flexibility index (Phi) is 3.12. The van der Waals surface area contributed by atoms with Crippen LogP contribution in [0.25, 0.3) is 0 Å². The molecular formula is C14H19BrN2. The third-order valence-electron chi connectivity index (χ3n) is 4.51. The van der Waals surface area contributed by atoms with Gasteiger partial charge in [0.25, 0.3) is 0 Å². The molecule has 0 aromatic carbocycles. The molecule has 2 nitrogen and oxygen atoms in total. The van der Waals surface area contributed by atoms with Gasteiger partial charge >= 0.3 is 0 Å².